The Morgan fingerprint density at radius 2 is 0.672 bits per heavy atom. The lowest BCUT2D eigenvalue weighted by Crippen LogP contribution is -2.10. The first kappa shape index (κ1) is 43.1. The molecule has 0 unspecified atom stereocenters. The van der Waals surface area contributed by atoms with Gasteiger partial charge in [0, 0.05) is 33.3 Å². The third-order valence-corrected chi connectivity index (χ3v) is 15.3. The van der Waals surface area contributed by atoms with E-state index < -0.39 is 15.2 Å². The van der Waals surface area contributed by atoms with Crippen molar-refractivity contribution in [2.75, 3.05) is 26.4 Å². The lowest BCUT2D eigenvalue weighted by Gasteiger charge is -2.17. The van der Waals surface area contributed by atoms with E-state index >= 15 is 9.13 Å². The molecule has 64 heavy (non-hydrogen) atoms. The summed E-state index contributed by atoms with van der Waals surface area (Å²) in [4.78, 5) is 18.3. The Morgan fingerprint density at radius 3 is 0.953 bits per heavy atom. The van der Waals surface area contributed by atoms with Crippen LogP contribution in [0.5, 0.6) is 0 Å². The molecule has 0 amide bonds. The van der Waals surface area contributed by atoms with Crippen LogP contribution in [0.15, 0.2) is 133 Å². The van der Waals surface area contributed by atoms with Crippen LogP contribution in [0.3, 0.4) is 0 Å². The summed E-state index contributed by atoms with van der Waals surface area (Å²) in [5.41, 5.74) is 11.2. The second-order valence-electron chi connectivity index (χ2n) is 14.9. The smallest absolute Gasteiger partial charge is 0.354 e. The highest BCUT2D eigenvalue weighted by atomic mass is 31.2. The normalized spacial score (nSPS) is 12.6. The average molecular weight is 887 g/mol. The summed E-state index contributed by atoms with van der Waals surface area (Å²) in [6, 6.07) is 43.5. The minimum atomic E-state index is -3.95. The molecule has 0 fully saturated rings. The van der Waals surface area contributed by atoms with Crippen LogP contribution >= 0.6 is 15.2 Å². The average Bonchev–Trinajstić information content (AvgIpc) is 4.15. The van der Waals surface area contributed by atoms with Crippen molar-refractivity contribution in [2.45, 2.75) is 27.7 Å². The first-order valence-electron chi connectivity index (χ1n) is 21.5. The van der Waals surface area contributed by atoms with E-state index in [1.807, 2.05) is 185 Å². The van der Waals surface area contributed by atoms with Crippen molar-refractivity contribution in [3.05, 3.63) is 156 Å². The van der Waals surface area contributed by atoms with Gasteiger partial charge < -0.3 is 28.1 Å². The van der Waals surface area contributed by atoms with Crippen LogP contribution in [0.1, 0.15) is 50.5 Å². The van der Waals surface area contributed by atoms with E-state index in [2.05, 4.69) is 9.97 Å². The summed E-state index contributed by atoms with van der Waals surface area (Å²) in [7, 11) is -7.91. The quantitative estimate of drug-likeness (QED) is 0.103. The van der Waals surface area contributed by atoms with Crippen molar-refractivity contribution in [1.82, 2.24) is 19.9 Å². The Morgan fingerprint density at radius 1 is 0.406 bits per heavy atom. The Kier molecular flexibility index (Phi) is 12.4. The van der Waals surface area contributed by atoms with Crippen molar-refractivity contribution < 1.29 is 27.2 Å². The first-order chi connectivity index (χ1) is 31.3. The fraction of sp³-hybridized carbons (Fsp3) is 0.154. The maximum absolute atomic E-state index is 15.2. The summed E-state index contributed by atoms with van der Waals surface area (Å²) >= 11 is 0. The second kappa shape index (κ2) is 18.5. The van der Waals surface area contributed by atoms with Crippen molar-refractivity contribution in [2.24, 2.45) is 0 Å². The van der Waals surface area contributed by atoms with Crippen LogP contribution in [0, 0.1) is 0 Å². The van der Waals surface area contributed by atoms with Crippen LogP contribution in [0.2, 0.25) is 0 Å². The zero-order valence-electron chi connectivity index (χ0n) is 36.1. The summed E-state index contributed by atoms with van der Waals surface area (Å²) < 4.78 is 54.9. The van der Waals surface area contributed by atoms with Gasteiger partial charge in [0.25, 0.3) is 0 Å². The van der Waals surface area contributed by atoms with Gasteiger partial charge in [0.1, 0.15) is 0 Å². The van der Waals surface area contributed by atoms with Gasteiger partial charge in [-0.15, -0.1) is 0 Å². The first-order valence-corrected chi connectivity index (χ1v) is 24.6. The molecule has 10 nitrogen and oxygen atoms in total. The molecule has 7 aromatic rings. The van der Waals surface area contributed by atoms with E-state index in [1.54, 1.807) is 0 Å². The molecule has 3 aromatic heterocycles. The van der Waals surface area contributed by atoms with Crippen LogP contribution < -0.4 is 10.6 Å². The van der Waals surface area contributed by atoms with Crippen molar-refractivity contribution in [3.8, 4) is 44.5 Å². The second-order valence-corrected chi connectivity index (χ2v) is 18.9. The van der Waals surface area contributed by atoms with Crippen LogP contribution in [-0.4, -0.2) is 46.4 Å². The van der Waals surface area contributed by atoms with Gasteiger partial charge >= 0.3 is 15.2 Å². The van der Waals surface area contributed by atoms with Crippen LogP contribution in [-0.2, 0) is 27.2 Å². The number of rotatable bonds is 14. The number of aromatic amines is 2. The molecule has 0 saturated carbocycles. The van der Waals surface area contributed by atoms with Gasteiger partial charge in [-0.2, -0.15) is 0 Å². The molecule has 4 aromatic carbocycles. The van der Waals surface area contributed by atoms with Crippen molar-refractivity contribution in [1.29, 1.82) is 0 Å². The predicted octanol–water partition coefficient (Wildman–Crippen LogP) is 13.1. The van der Waals surface area contributed by atoms with Crippen molar-refractivity contribution >= 4 is 72.2 Å². The Balaban J connectivity index is 1.59. The van der Waals surface area contributed by atoms with E-state index in [0.717, 1.165) is 33.4 Å². The minimum Gasteiger partial charge on any atom is -0.354 e. The third kappa shape index (κ3) is 8.10. The molecule has 2 N–H and O–H groups in total. The summed E-state index contributed by atoms with van der Waals surface area (Å²) in [6.45, 7) is 7.88. The number of aromatic nitrogens is 4. The van der Waals surface area contributed by atoms with Gasteiger partial charge in [0.2, 0.25) is 0 Å². The maximum atomic E-state index is 15.2. The SMILES string of the molecule is CCOP(=O)(OCC)c1cc2[nH]c1c(-c1ccccc1)c1nc(c(-c3ccccc3)c3cc(P(=O)(OCC)OCC)c([nH]3)c(-c3ccccc3)c3nc(c2-c2ccccc2)C=C3)C=C1. The molecule has 8 bridgehead atoms. The lowest BCUT2D eigenvalue weighted by molar-refractivity contribution is 0.229. The van der Waals surface area contributed by atoms with Gasteiger partial charge in [-0.1, -0.05) is 121 Å². The molecule has 0 aliphatic carbocycles. The van der Waals surface area contributed by atoms with Gasteiger partial charge in [0.15, 0.2) is 0 Å². The van der Waals surface area contributed by atoms with Gasteiger partial charge in [-0.05, 0) is 86.4 Å². The van der Waals surface area contributed by atoms with E-state index in [9.17, 15) is 0 Å². The molecule has 0 radical (unpaired) electrons. The standard InChI is InChI=1S/C52H48N4O6P2/c1-5-59-63(57,60-6-2)45-33-43-47(35-21-13-9-14-22-35)39-30-32-42(54-39)50(38-27-19-12-20-28-38)52-46(64(58,61-7-3)62-8-4)34-44(56-52)48(36-23-15-10-16-24-36)40-29-31-41(53-40)49(51(45)55-43)37-25-17-11-18-26-37/h9-34,55-56H,5-8H2,1-4H3. The number of H-pyrrole nitrogens is 2. The van der Waals surface area contributed by atoms with E-state index in [-0.39, 0.29) is 26.4 Å². The lowest BCUT2D eigenvalue weighted by atomic mass is 10.0. The maximum Gasteiger partial charge on any atom is 0.363 e. The Bertz CT molecular complexity index is 2930. The number of fused-ring (bicyclic) bond motifs is 8. The highest BCUT2D eigenvalue weighted by Crippen LogP contribution is 2.52. The molecule has 0 atom stereocenters. The van der Waals surface area contributed by atoms with E-state index in [1.165, 1.54) is 0 Å². The van der Waals surface area contributed by atoms with Crippen LogP contribution in [0.4, 0.5) is 0 Å². The number of nitrogens with one attached hydrogen (secondary N) is 2. The summed E-state index contributed by atoms with van der Waals surface area (Å²) in [5.74, 6) is 0. The highest BCUT2D eigenvalue weighted by molar-refractivity contribution is 7.63. The van der Waals surface area contributed by atoms with E-state index in [0.29, 0.717) is 66.6 Å². The summed E-state index contributed by atoms with van der Waals surface area (Å²) in [6.07, 6.45) is 7.90. The number of hydrogen-bond donors (Lipinski definition) is 2. The predicted molar refractivity (Wildman–Crippen MR) is 262 cm³/mol. The van der Waals surface area contributed by atoms with Crippen molar-refractivity contribution in [3.63, 3.8) is 0 Å². The highest BCUT2D eigenvalue weighted by Gasteiger charge is 2.34. The fourth-order valence-corrected chi connectivity index (χ4v) is 11.9. The number of hydrogen-bond acceptors (Lipinski definition) is 8. The van der Waals surface area contributed by atoms with Gasteiger partial charge in [0.05, 0.1) is 70.8 Å². The minimum absolute atomic E-state index is 0.159. The zero-order valence-corrected chi connectivity index (χ0v) is 37.9. The molecular weight excluding hydrogens is 839 g/mol. The van der Waals surface area contributed by atoms with E-state index in [4.69, 9.17) is 28.1 Å². The largest absolute Gasteiger partial charge is 0.363 e. The molecule has 2 aliphatic rings. The van der Waals surface area contributed by atoms with Gasteiger partial charge in [-0.25, -0.2) is 9.97 Å². The topological polar surface area (TPSA) is 128 Å². The fourth-order valence-electron chi connectivity index (χ4n) is 8.43. The Labute approximate surface area is 372 Å². The molecule has 322 valence electrons. The summed E-state index contributed by atoms with van der Waals surface area (Å²) in [5, 5.41) is 0.757. The third-order valence-electron chi connectivity index (χ3n) is 11.0. The molecule has 0 spiro atoms. The number of nitrogens with zero attached hydrogens (tertiary/aromatic N) is 2. The van der Waals surface area contributed by atoms with Gasteiger partial charge in [-0.3, -0.25) is 9.13 Å². The molecule has 2 aliphatic heterocycles. The van der Waals surface area contributed by atoms with Crippen LogP contribution in [0.25, 0.3) is 90.9 Å². The molecular formula is C52H48N4O6P2. The molecule has 9 rings (SSSR count). The molecule has 0 saturated heterocycles. The molecule has 12 heteroatoms. The molecule has 5 heterocycles. The number of benzene rings is 4. The Hall–Kier alpha value is -6.22. The zero-order chi connectivity index (χ0) is 44.3. The monoisotopic (exact) mass is 886 g/mol.